The first kappa shape index (κ1) is 29.2. The van der Waals surface area contributed by atoms with Crippen molar-refractivity contribution in [3.05, 3.63) is 40.7 Å². The average Bonchev–Trinajstić information content (AvgIpc) is 3.68. The number of carbonyl (C=O) groups excluding carboxylic acids is 4. The molecular weight excluding hydrogens is 543 g/mol. The minimum Gasteiger partial charge on any atom is -0.471 e. The number of ether oxygens (including phenoxy) is 2. The van der Waals surface area contributed by atoms with Gasteiger partial charge in [-0.15, -0.1) is 0 Å². The fraction of sp³-hybridized carbons (Fsp3) is 0.500. The second-order valence-corrected chi connectivity index (χ2v) is 10.4. The van der Waals surface area contributed by atoms with Crippen molar-refractivity contribution in [3.63, 3.8) is 0 Å². The van der Waals surface area contributed by atoms with Crippen LogP contribution in [-0.4, -0.2) is 90.4 Å². The molecule has 3 N–H and O–H groups in total. The van der Waals surface area contributed by atoms with Crippen LogP contribution in [0.15, 0.2) is 18.2 Å². The lowest BCUT2D eigenvalue weighted by molar-refractivity contribution is -0.130. The van der Waals surface area contributed by atoms with Crippen molar-refractivity contribution in [1.29, 1.82) is 0 Å². The van der Waals surface area contributed by atoms with E-state index in [2.05, 4.69) is 25.2 Å². The van der Waals surface area contributed by atoms with Gasteiger partial charge in [0.15, 0.2) is 5.56 Å². The van der Waals surface area contributed by atoms with Gasteiger partial charge in [0.2, 0.25) is 11.8 Å². The van der Waals surface area contributed by atoms with Gasteiger partial charge >= 0.3 is 12.0 Å². The van der Waals surface area contributed by atoms with Crippen LogP contribution in [-0.2, 0) is 16.1 Å². The van der Waals surface area contributed by atoms with E-state index in [1.165, 1.54) is 25.3 Å². The Bertz CT molecular complexity index is 1240. The summed E-state index contributed by atoms with van der Waals surface area (Å²) in [4.78, 5) is 52.8. The standard InChI is InChI=1S/C26H33FN6O6S/c1-16(34)33-12-10-32(11-13-33)9-3-8-28-26(37)30-24-21(25(36)38-2)23(31-40-24)39-15-18-14-17(4-7-20(18)27)22(35)29-19-5-6-19/h4,7,14,19H,3,5-6,8-13,15H2,1-2H3,(H,29,35)(H2,28,30,37). The molecule has 1 aromatic carbocycles. The van der Waals surface area contributed by atoms with Crippen molar-refractivity contribution >= 4 is 40.3 Å². The fourth-order valence-corrected chi connectivity index (χ4v) is 4.87. The van der Waals surface area contributed by atoms with Gasteiger partial charge in [-0.05, 0) is 55.5 Å². The van der Waals surface area contributed by atoms with Crippen molar-refractivity contribution in [2.45, 2.75) is 38.8 Å². The summed E-state index contributed by atoms with van der Waals surface area (Å²) in [6.07, 6.45) is 2.56. The van der Waals surface area contributed by atoms with Gasteiger partial charge in [-0.1, -0.05) is 0 Å². The third kappa shape index (κ3) is 7.88. The SMILES string of the molecule is COC(=O)c1c(OCc2cc(C(=O)NC3CC3)ccc2F)nsc1NC(=O)NCCCN1CCN(C(C)=O)CC1. The monoisotopic (exact) mass is 576 g/mol. The summed E-state index contributed by atoms with van der Waals surface area (Å²) < 4.78 is 29.0. The second kappa shape index (κ2) is 13.5. The molecule has 216 valence electrons. The summed E-state index contributed by atoms with van der Waals surface area (Å²) in [5.41, 5.74) is 0.326. The molecule has 2 aliphatic rings. The van der Waals surface area contributed by atoms with Crippen LogP contribution in [0.5, 0.6) is 5.88 Å². The van der Waals surface area contributed by atoms with Gasteiger partial charge in [-0.2, -0.15) is 4.37 Å². The van der Waals surface area contributed by atoms with E-state index in [-0.39, 0.29) is 46.5 Å². The number of piperazine rings is 1. The molecule has 1 saturated heterocycles. The van der Waals surface area contributed by atoms with E-state index in [0.29, 0.717) is 31.6 Å². The van der Waals surface area contributed by atoms with E-state index in [1.54, 1.807) is 6.92 Å². The molecule has 2 fully saturated rings. The van der Waals surface area contributed by atoms with Gasteiger partial charge < -0.3 is 25.0 Å². The van der Waals surface area contributed by atoms with Gasteiger partial charge in [0.25, 0.3) is 5.91 Å². The highest BCUT2D eigenvalue weighted by Gasteiger charge is 2.26. The molecule has 0 radical (unpaired) electrons. The third-order valence-corrected chi connectivity index (χ3v) is 7.36. The van der Waals surface area contributed by atoms with Gasteiger partial charge in [0.1, 0.15) is 17.4 Å². The van der Waals surface area contributed by atoms with Crippen LogP contribution >= 0.6 is 11.5 Å². The lowest BCUT2D eigenvalue weighted by atomic mass is 10.1. The summed E-state index contributed by atoms with van der Waals surface area (Å²) >= 11 is 0.828. The van der Waals surface area contributed by atoms with E-state index in [0.717, 1.165) is 44.0 Å². The number of hydrogen-bond donors (Lipinski definition) is 3. The Hall–Kier alpha value is -3.78. The van der Waals surface area contributed by atoms with Crippen LogP contribution in [0.2, 0.25) is 0 Å². The van der Waals surface area contributed by atoms with Crippen molar-refractivity contribution in [2.75, 3.05) is 51.7 Å². The average molecular weight is 577 g/mol. The Morgan fingerprint density at radius 1 is 1.15 bits per heavy atom. The number of urea groups is 1. The lowest BCUT2D eigenvalue weighted by Gasteiger charge is -2.34. The summed E-state index contributed by atoms with van der Waals surface area (Å²) in [6, 6.07) is 3.61. The lowest BCUT2D eigenvalue weighted by Crippen LogP contribution is -2.48. The smallest absolute Gasteiger partial charge is 0.346 e. The van der Waals surface area contributed by atoms with Gasteiger partial charge in [-0.3, -0.25) is 19.8 Å². The number of nitrogens with zero attached hydrogens (tertiary/aromatic N) is 3. The van der Waals surface area contributed by atoms with E-state index < -0.39 is 17.8 Å². The fourth-order valence-electron chi connectivity index (χ4n) is 4.15. The number of rotatable bonds is 11. The van der Waals surface area contributed by atoms with Crippen molar-refractivity contribution in [2.24, 2.45) is 0 Å². The molecule has 4 rings (SSSR count). The third-order valence-electron chi connectivity index (χ3n) is 6.62. The molecule has 0 atom stereocenters. The molecule has 2 heterocycles. The summed E-state index contributed by atoms with van der Waals surface area (Å²) in [7, 11) is 1.19. The molecule has 2 aromatic rings. The molecule has 14 heteroatoms. The Balaban J connectivity index is 1.29. The molecule has 0 bridgehead atoms. The van der Waals surface area contributed by atoms with Gasteiger partial charge in [-0.25, -0.2) is 14.0 Å². The van der Waals surface area contributed by atoms with Gasteiger partial charge in [0.05, 0.1) is 7.11 Å². The number of benzene rings is 1. The molecule has 0 unspecified atom stereocenters. The number of aromatic nitrogens is 1. The number of nitrogens with one attached hydrogen (secondary N) is 3. The number of carbonyl (C=O) groups is 4. The first-order valence-electron chi connectivity index (χ1n) is 13.1. The van der Waals surface area contributed by atoms with Crippen LogP contribution in [0.25, 0.3) is 0 Å². The van der Waals surface area contributed by atoms with E-state index >= 15 is 0 Å². The second-order valence-electron chi connectivity index (χ2n) is 9.61. The number of halogens is 1. The Morgan fingerprint density at radius 3 is 2.58 bits per heavy atom. The van der Waals surface area contributed by atoms with Crippen LogP contribution in [0.1, 0.15) is 52.5 Å². The van der Waals surface area contributed by atoms with E-state index in [9.17, 15) is 23.6 Å². The number of esters is 1. The first-order valence-corrected chi connectivity index (χ1v) is 13.8. The zero-order valence-corrected chi connectivity index (χ0v) is 23.3. The summed E-state index contributed by atoms with van der Waals surface area (Å²) in [6.45, 7) is 5.43. The van der Waals surface area contributed by atoms with Gasteiger partial charge in [0, 0.05) is 56.8 Å². The van der Waals surface area contributed by atoms with Crippen molar-refractivity contribution < 1.29 is 33.0 Å². The highest BCUT2D eigenvalue weighted by Crippen LogP contribution is 2.32. The van der Waals surface area contributed by atoms with Crippen LogP contribution in [0.4, 0.5) is 14.2 Å². The molecule has 12 nitrogen and oxygen atoms in total. The maximum atomic E-state index is 14.4. The molecule has 1 aliphatic carbocycles. The zero-order valence-electron chi connectivity index (χ0n) is 22.5. The largest absolute Gasteiger partial charge is 0.471 e. The van der Waals surface area contributed by atoms with Crippen LogP contribution in [0, 0.1) is 5.82 Å². The predicted molar refractivity (Wildman–Crippen MR) is 145 cm³/mol. The molecule has 1 saturated carbocycles. The summed E-state index contributed by atoms with van der Waals surface area (Å²) in [5.74, 6) is -1.68. The number of amides is 4. The highest BCUT2D eigenvalue weighted by molar-refractivity contribution is 7.11. The predicted octanol–water partition coefficient (Wildman–Crippen LogP) is 2.22. The number of methoxy groups -OCH3 is 1. The normalized spacial score (nSPS) is 15.3. The highest BCUT2D eigenvalue weighted by atomic mass is 32.1. The Labute approximate surface area is 235 Å². The molecular formula is C26H33FN6O6S. The maximum absolute atomic E-state index is 14.4. The quantitative estimate of drug-likeness (QED) is 0.273. The number of hydrogen-bond acceptors (Lipinski definition) is 9. The maximum Gasteiger partial charge on any atom is 0.346 e. The molecule has 1 aliphatic heterocycles. The van der Waals surface area contributed by atoms with Crippen molar-refractivity contribution in [3.8, 4) is 5.88 Å². The van der Waals surface area contributed by atoms with E-state index in [4.69, 9.17) is 9.47 Å². The Kier molecular flexibility index (Phi) is 9.88. The molecule has 40 heavy (non-hydrogen) atoms. The van der Waals surface area contributed by atoms with Crippen LogP contribution < -0.4 is 20.7 Å². The molecule has 0 spiro atoms. The minimum absolute atomic E-state index is 0.0792. The minimum atomic E-state index is -0.776. The van der Waals surface area contributed by atoms with E-state index in [1.807, 2.05) is 4.90 Å². The topological polar surface area (TPSA) is 142 Å². The molecule has 4 amide bonds. The van der Waals surface area contributed by atoms with Crippen molar-refractivity contribution in [1.82, 2.24) is 24.8 Å². The molecule has 1 aromatic heterocycles. The van der Waals surface area contributed by atoms with Crippen LogP contribution in [0.3, 0.4) is 0 Å². The first-order chi connectivity index (χ1) is 19.2. The Morgan fingerprint density at radius 2 is 1.90 bits per heavy atom. The number of anilines is 1. The zero-order chi connectivity index (χ0) is 28.6. The summed E-state index contributed by atoms with van der Waals surface area (Å²) in [5, 5.41) is 8.32.